The number of imidazole rings is 1. The maximum absolute atomic E-state index is 12.2. The first-order chi connectivity index (χ1) is 17.0. The molecule has 4 rings (SSSR count). The molecular formula is C30H34ClN3O. The van der Waals surface area contributed by atoms with Gasteiger partial charge in [-0.15, -0.1) is 0 Å². The summed E-state index contributed by atoms with van der Waals surface area (Å²) in [6, 6.07) is 24.8. The van der Waals surface area contributed by atoms with Crippen LogP contribution in [-0.4, -0.2) is 22.0 Å². The number of fused-ring (bicyclic) bond motifs is 1. The molecule has 4 aromatic rings. The lowest BCUT2D eigenvalue weighted by Crippen LogP contribution is -2.26. The first-order valence-corrected chi connectivity index (χ1v) is 12.9. The first-order valence-electron chi connectivity index (χ1n) is 12.5. The van der Waals surface area contributed by atoms with Crippen molar-refractivity contribution in [2.75, 3.05) is 6.54 Å². The minimum Gasteiger partial charge on any atom is -0.356 e. The Morgan fingerprint density at radius 3 is 2.37 bits per heavy atom. The Balaban J connectivity index is 1.28. The van der Waals surface area contributed by atoms with E-state index in [1.54, 1.807) is 0 Å². The van der Waals surface area contributed by atoms with Gasteiger partial charge < -0.3 is 9.88 Å². The SMILES string of the molecule is CC(C)c1ccc(Cn2c(CCCCCNC(=O)Cc3ccc(Cl)cc3)nc3ccccc32)cc1. The number of benzene rings is 3. The van der Waals surface area contributed by atoms with Crippen molar-refractivity contribution in [2.45, 2.75) is 58.4 Å². The summed E-state index contributed by atoms with van der Waals surface area (Å²) in [7, 11) is 0. The molecule has 0 saturated heterocycles. The summed E-state index contributed by atoms with van der Waals surface area (Å²) in [5, 5.41) is 3.72. The summed E-state index contributed by atoms with van der Waals surface area (Å²) >= 11 is 5.91. The molecule has 1 N–H and O–H groups in total. The van der Waals surface area contributed by atoms with Crippen molar-refractivity contribution >= 4 is 28.5 Å². The minimum absolute atomic E-state index is 0.0533. The van der Waals surface area contributed by atoms with Crippen molar-refractivity contribution in [1.82, 2.24) is 14.9 Å². The molecule has 0 aliphatic carbocycles. The number of hydrogen-bond donors (Lipinski definition) is 1. The van der Waals surface area contributed by atoms with Gasteiger partial charge in [0.25, 0.3) is 0 Å². The molecule has 4 nitrogen and oxygen atoms in total. The van der Waals surface area contributed by atoms with Crippen molar-refractivity contribution in [3.8, 4) is 0 Å². The molecule has 0 fully saturated rings. The molecule has 3 aromatic carbocycles. The number of halogens is 1. The second-order valence-electron chi connectivity index (χ2n) is 9.46. The van der Waals surface area contributed by atoms with E-state index in [1.807, 2.05) is 30.3 Å². The largest absolute Gasteiger partial charge is 0.356 e. The number of nitrogens with one attached hydrogen (secondary N) is 1. The van der Waals surface area contributed by atoms with Gasteiger partial charge in [-0.25, -0.2) is 4.98 Å². The standard InChI is InChI=1S/C30H34ClN3O/c1-22(2)25-15-11-24(12-16-25)21-34-28-9-6-5-8-27(28)33-29(34)10-4-3-7-19-32-30(35)20-23-13-17-26(31)18-14-23/h5-6,8-9,11-18,22H,3-4,7,10,19-21H2,1-2H3,(H,32,35). The third-order valence-corrected chi connectivity index (χ3v) is 6.65. The second kappa shape index (κ2) is 12.0. The summed E-state index contributed by atoms with van der Waals surface area (Å²) in [5.41, 5.74) is 5.87. The van der Waals surface area contributed by atoms with Gasteiger partial charge in [-0.05, 0) is 59.7 Å². The molecule has 0 aliphatic rings. The number of carbonyl (C=O) groups excluding carboxylic acids is 1. The lowest BCUT2D eigenvalue weighted by Gasteiger charge is -2.11. The molecule has 1 aromatic heterocycles. The fourth-order valence-electron chi connectivity index (χ4n) is 4.35. The molecular weight excluding hydrogens is 454 g/mol. The van der Waals surface area contributed by atoms with Crippen LogP contribution in [0.1, 0.15) is 61.5 Å². The molecule has 35 heavy (non-hydrogen) atoms. The molecule has 0 spiro atoms. The smallest absolute Gasteiger partial charge is 0.224 e. The van der Waals surface area contributed by atoms with Gasteiger partial charge in [0.2, 0.25) is 5.91 Å². The van der Waals surface area contributed by atoms with Crippen molar-refractivity contribution in [3.63, 3.8) is 0 Å². The van der Waals surface area contributed by atoms with Gasteiger partial charge in [0.05, 0.1) is 17.5 Å². The van der Waals surface area contributed by atoms with Crippen LogP contribution in [0.3, 0.4) is 0 Å². The number of rotatable bonds is 11. The van der Waals surface area contributed by atoms with Crippen LogP contribution in [0.25, 0.3) is 11.0 Å². The van der Waals surface area contributed by atoms with Gasteiger partial charge in [0, 0.05) is 24.5 Å². The van der Waals surface area contributed by atoms with Crippen LogP contribution < -0.4 is 5.32 Å². The average Bonchev–Trinajstić information content (AvgIpc) is 3.20. The summed E-state index contributed by atoms with van der Waals surface area (Å²) in [4.78, 5) is 17.1. The van der Waals surface area contributed by atoms with Crippen molar-refractivity contribution in [2.24, 2.45) is 0 Å². The summed E-state index contributed by atoms with van der Waals surface area (Å²) in [6.07, 6.45) is 4.37. The van der Waals surface area contributed by atoms with Crippen LogP contribution in [-0.2, 0) is 24.2 Å². The quantitative estimate of drug-likeness (QED) is 0.233. The highest BCUT2D eigenvalue weighted by atomic mass is 35.5. The molecule has 0 aliphatic heterocycles. The van der Waals surface area contributed by atoms with E-state index in [4.69, 9.17) is 16.6 Å². The van der Waals surface area contributed by atoms with E-state index in [-0.39, 0.29) is 5.91 Å². The molecule has 0 unspecified atom stereocenters. The van der Waals surface area contributed by atoms with Crippen LogP contribution in [0.4, 0.5) is 0 Å². The number of hydrogen-bond acceptors (Lipinski definition) is 2. The van der Waals surface area contributed by atoms with E-state index >= 15 is 0 Å². The lowest BCUT2D eigenvalue weighted by molar-refractivity contribution is -0.120. The van der Waals surface area contributed by atoms with Gasteiger partial charge in [-0.1, -0.05) is 80.4 Å². The molecule has 182 valence electrons. The molecule has 0 atom stereocenters. The molecule has 0 radical (unpaired) electrons. The molecule has 0 bridgehead atoms. The highest BCUT2D eigenvalue weighted by Gasteiger charge is 2.11. The maximum Gasteiger partial charge on any atom is 0.224 e. The summed E-state index contributed by atoms with van der Waals surface area (Å²) in [6.45, 7) is 5.98. The monoisotopic (exact) mass is 487 g/mol. The van der Waals surface area contributed by atoms with Crippen LogP contribution in [0.2, 0.25) is 5.02 Å². The zero-order valence-electron chi connectivity index (χ0n) is 20.6. The Hall–Kier alpha value is -3.11. The van der Waals surface area contributed by atoms with Gasteiger partial charge in [-0.2, -0.15) is 0 Å². The third kappa shape index (κ3) is 6.95. The van der Waals surface area contributed by atoms with Crippen LogP contribution >= 0.6 is 11.6 Å². The number of aryl methyl sites for hydroxylation is 1. The predicted octanol–water partition coefficient (Wildman–Crippen LogP) is 6.93. The van der Waals surface area contributed by atoms with E-state index in [9.17, 15) is 4.79 Å². The number of unbranched alkanes of at least 4 members (excludes halogenated alkanes) is 2. The van der Waals surface area contributed by atoms with E-state index < -0.39 is 0 Å². The topological polar surface area (TPSA) is 46.9 Å². The number of para-hydroxylation sites is 2. The minimum atomic E-state index is 0.0533. The van der Waals surface area contributed by atoms with Crippen LogP contribution in [0.15, 0.2) is 72.8 Å². The van der Waals surface area contributed by atoms with Crippen molar-refractivity contribution < 1.29 is 4.79 Å². The number of carbonyl (C=O) groups is 1. The fraction of sp³-hybridized carbons (Fsp3) is 0.333. The lowest BCUT2D eigenvalue weighted by atomic mass is 10.0. The highest BCUT2D eigenvalue weighted by molar-refractivity contribution is 6.30. The Labute approximate surface area is 213 Å². The zero-order chi connectivity index (χ0) is 24.6. The Kier molecular flexibility index (Phi) is 8.59. The fourth-order valence-corrected chi connectivity index (χ4v) is 4.47. The van der Waals surface area contributed by atoms with Crippen LogP contribution in [0, 0.1) is 0 Å². The Bertz CT molecular complexity index is 1240. The zero-order valence-corrected chi connectivity index (χ0v) is 21.4. The Morgan fingerprint density at radius 2 is 1.63 bits per heavy atom. The molecule has 5 heteroatoms. The number of aromatic nitrogens is 2. The predicted molar refractivity (Wildman–Crippen MR) is 145 cm³/mol. The first kappa shape index (κ1) is 25.0. The van der Waals surface area contributed by atoms with Gasteiger partial charge in [0.1, 0.15) is 5.82 Å². The third-order valence-electron chi connectivity index (χ3n) is 6.40. The van der Waals surface area contributed by atoms with E-state index in [2.05, 4.69) is 66.2 Å². The maximum atomic E-state index is 12.2. The van der Waals surface area contributed by atoms with Crippen molar-refractivity contribution in [1.29, 1.82) is 0 Å². The van der Waals surface area contributed by atoms with Crippen molar-refractivity contribution in [3.05, 3.63) is 100 Å². The molecule has 0 saturated carbocycles. The number of nitrogens with zero attached hydrogens (tertiary/aromatic N) is 2. The normalized spacial score (nSPS) is 11.3. The average molecular weight is 488 g/mol. The van der Waals surface area contributed by atoms with E-state index in [1.165, 1.54) is 16.6 Å². The van der Waals surface area contributed by atoms with Gasteiger partial charge in [0.15, 0.2) is 0 Å². The van der Waals surface area contributed by atoms with Gasteiger partial charge >= 0.3 is 0 Å². The Morgan fingerprint density at radius 1 is 0.914 bits per heavy atom. The molecule has 1 heterocycles. The summed E-state index contributed by atoms with van der Waals surface area (Å²) in [5.74, 6) is 1.72. The molecule has 1 amide bonds. The number of amides is 1. The summed E-state index contributed by atoms with van der Waals surface area (Å²) < 4.78 is 2.35. The highest BCUT2D eigenvalue weighted by Crippen LogP contribution is 2.21. The van der Waals surface area contributed by atoms with Gasteiger partial charge in [-0.3, -0.25) is 4.79 Å². The second-order valence-corrected chi connectivity index (χ2v) is 9.90. The van der Waals surface area contributed by atoms with Crippen LogP contribution in [0.5, 0.6) is 0 Å². The van der Waals surface area contributed by atoms with E-state index in [0.29, 0.717) is 23.9 Å². The van der Waals surface area contributed by atoms with E-state index in [0.717, 1.165) is 49.1 Å².